The normalized spacial score (nSPS) is 23.4. The van der Waals surface area contributed by atoms with Gasteiger partial charge in [0.05, 0.1) is 23.7 Å². The zero-order valence-electron chi connectivity index (χ0n) is 11.1. The predicted octanol–water partition coefficient (Wildman–Crippen LogP) is 1.70. The summed E-state index contributed by atoms with van der Waals surface area (Å²) in [5, 5.41) is 20.2. The van der Waals surface area contributed by atoms with Crippen molar-refractivity contribution in [3.8, 4) is 0 Å². The first kappa shape index (κ1) is 13.8. The van der Waals surface area contributed by atoms with Gasteiger partial charge in [-0.15, -0.1) is 0 Å². The minimum Gasteiger partial charge on any atom is -0.392 e. The maximum Gasteiger partial charge on any atom is 0.292 e. The fraction of sp³-hybridized carbons (Fsp3) is 0.538. The Morgan fingerprint density at radius 1 is 1.42 bits per heavy atom. The molecule has 2 atom stereocenters. The molecule has 0 aliphatic carbocycles. The van der Waals surface area contributed by atoms with Crippen LogP contribution in [0.4, 0.5) is 11.4 Å². The molecule has 104 valence electrons. The van der Waals surface area contributed by atoms with Gasteiger partial charge >= 0.3 is 0 Å². The van der Waals surface area contributed by atoms with Crippen LogP contribution in [-0.2, 0) is 11.3 Å². The maximum absolute atomic E-state index is 11.2. The van der Waals surface area contributed by atoms with Crippen LogP contribution < -0.4 is 4.90 Å². The Kier molecular flexibility index (Phi) is 4.01. The van der Waals surface area contributed by atoms with Crippen molar-refractivity contribution in [1.82, 2.24) is 0 Å². The number of hydrogen-bond acceptors (Lipinski definition) is 5. The van der Waals surface area contributed by atoms with E-state index < -0.39 is 4.92 Å². The van der Waals surface area contributed by atoms with E-state index in [9.17, 15) is 10.1 Å². The molecular weight excluding hydrogens is 248 g/mol. The fourth-order valence-corrected chi connectivity index (χ4v) is 2.46. The van der Waals surface area contributed by atoms with E-state index in [1.807, 2.05) is 18.7 Å². The summed E-state index contributed by atoms with van der Waals surface area (Å²) in [5.74, 6) is 0. The number of nitrogens with zero attached hydrogens (tertiary/aromatic N) is 2. The highest BCUT2D eigenvalue weighted by atomic mass is 16.6. The highest BCUT2D eigenvalue weighted by Crippen LogP contribution is 2.31. The van der Waals surface area contributed by atoms with Crippen molar-refractivity contribution in [2.75, 3.05) is 18.0 Å². The number of anilines is 1. The molecule has 1 N–H and O–H groups in total. The summed E-state index contributed by atoms with van der Waals surface area (Å²) in [6.45, 7) is 4.97. The van der Waals surface area contributed by atoms with Crippen LogP contribution in [0.25, 0.3) is 0 Å². The Labute approximate surface area is 111 Å². The molecule has 2 rings (SSSR count). The molecule has 1 saturated heterocycles. The lowest BCUT2D eigenvalue weighted by Gasteiger charge is -2.36. The molecule has 1 fully saturated rings. The molecule has 1 aromatic rings. The monoisotopic (exact) mass is 266 g/mol. The molecule has 6 heteroatoms. The fourth-order valence-electron chi connectivity index (χ4n) is 2.46. The van der Waals surface area contributed by atoms with Gasteiger partial charge in [-0.05, 0) is 25.5 Å². The van der Waals surface area contributed by atoms with Gasteiger partial charge in [-0.3, -0.25) is 10.1 Å². The summed E-state index contributed by atoms with van der Waals surface area (Å²) in [6.07, 6.45) is 0.0849. The summed E-state index contributed by atoms with van der Waals surface area (Å²) in [5.41, 5.74) is 1.17. The van der Waals surface area contributed by atoms with Crippen molar-refractivity contribution >= 4 is 11.4 Å². The highest BCUT2D eigenvalue weighted by molar-refractivity contribution is 5.64. The first-order valence-electron chi connectivity index (χ1n) is 6.30. The van der Waals surface area contributed by atoms with Gasteiger partial charge < -0.3 is 14.7 Å². The van der Waals surface area contributed by atoms with Gasteiger partial charge in [0.15, 0.2) is 0 Å². The second-order valence-electron chi connectivity index (χ2n) is 4.90. The van der Waals surface area contributed by atoms with Crippen LogP contribution >= 0.6 is 0 Å². The van der Waals surface area contributed by atoms with Gasteiger partial charge in [-0.1, -0.05) is 6.07 Å². The zero-order valence-corrected chi connectivity index (χ0v) is 11.1. The van der Waals surface area contributed by atoms with Gasteiger partial charge in [0.2, 0.25) is 0 Å². The number of nitro benzene ring substituents is 1. The summed E-state index contributed by atoms with van der Waals surface area (Å²) in [6, 6.07) is 4.85. The third kappa shape index (κ3) is 3.02. The van der Waals surface area contributed by atoms with E-state index >= 15 is 0 Å². The molecule has 6 nitrogen and oxygen atoms in total. The molecule has 0 radical (unpaired) electrons. The van der Waals surface area contributed by atoms with Gasteiger partial charge in [0, 0.05) is 19.2 Å². The molecule has 0 spiro atoms. The standard InChI is InChI=1S/C13H18N2O4/c1-9-6-14(7-10(2)19-9)12-4-3-11(8-16)5-13(12)15(17)18/h3-5,9-10,16H,6-8H2,1-2H3. The zero-order chi connectivity index (χ0) is 14.0. The Morgan fingerprint density at radius 3 is 2.58 bits per heavy atom. The third-order valence-electron chi connectivity index (χ3n) is 3.18. The van der Waals surface area contributed by atoms with Gasteiger partial charge in [-0.25, -0.2) is 0 Å². The molecule has 2 unspecified atom stereocenters. The molecule has 0 aromatic heterocycles. The van der Waals surface area contributed by atoms with Crippen molar-refractivity contribution < 1.29 is 14.8 Å². The highest BCUT2D eigenvalue weighted by Gasteiger charge is 2.27. The summed E-state index contributed by atoms with van der Waals surface area (Å²) in [7, 11) is 0. The van der Waals surface area contributed by atoms with Crippen molar-refractivity contribution in [3.05, 3.63) is 33.9 Å². The molecule has 1 aliphatic heterocycles. The maximum atomic E-state index is 11.2. The summed E-state index contributed by atoms with van der Waals surface area (Å²) >= 11 is 0. The first-order valence-corrected chi connectivity index (χ1v) is 6.30. The van der Waals surface area contributed by atoms with Crippen molar-refractivity contribution in [2.24, 2.45) is 0 Å². The minimum absolute atomic E-state index is 0.0350. The van der Waals surface area contributed by atoms with Gasteiger partial charge in [0.1, 0.15) is 5.69 Å². The molecule has 1 heterocycles. The number of ether oxygens (including phenoxy) is 1. The van der Waals surface area contributed by atoms with Crippen molar-refractivity contribution in [1.29, 1.82) is 0 Å². The summed E-state index contributed by atoms with van der Waals surface area (Å²) in [4.78, 5) is 12.7. The quantitative estimate of drug-likeness (QED) is 0.665. The molecule has 1 aliphatic rings. The third-order valence-corrected chi connectivity index (χ3v) is 3.18. The SMILES string of the molecule is CC1CN(c2ccc(CO)cc2[N+](=O)[O-])CC(C)O1. The molecule has 19 heavy (non-hydrogen) atoms. The molecule has 0 bridgehead atoms. The summed E-state index contributed by atoms with van der Waals surface area (Å²) < 4.78 is 5.63. The first-order chi connectivity index (χ1) is 9.01. The average molecular weight is 266 g/mol. The minimum atomic E-state index is -0.403. The van der Waals surface area contributed by atoms with Crippen LogP contribution in [0.3, 0.4) is 0 Å². The predicted molar refractivity (Wildman–Crippen MR) is 71.2 cm³/mol. The molecule has 0 saturated carbocycles. The molecule has 1 aromatic carbocycles. The Bertz CT molecular complexity index is 468. The Hall–Kier alpha value is -1.66. The van der Waals surface area contributed by atoms with Crippen molar-refractivity contribution in [3.63, 3.8) is 0 Å². The number of rotatable bonds is 3. The van der Waals surface area contributed by atoms with Crippen molar-refractivity contribution in [2.45, 2.75) is 32.7 Å². The number of hydrogen-bond donors (Lipinski definition) is 1. The lowest BCUT2D eigenvalue weighted by Crippen LogP contribution is -2.45. The van der Waals surface area contributed by atoms with E-state index in [-0.39, 0.29) is 24.5 Å². The van der Waals surface area contributed by atoms with E-state index in [0.717, 1.165) is 0 Å². The lowest BCUT2D eigenvalue weighted by atomic mass is 10.1. The molecular formula is C13H18N2O4. The van der Waals surface area contributed by atoms with E-state index in [2.05, 4.69) is 0 Å². The van der Waals surface area contributed by atoms with Gasteiger partial charge in [-0.2, -0.15) is 0 Å². The molecule has 0 amide bonds. The van der Waals surface area contributed by atoms with E-state index in [4.69, 9.17) is 9.84 Å². The van der Waals surface area contributed by atoms with Crippen LogP contribution in [0.2, 0.25) is 0 Å². The second-order valence-corrected chi connectivity index (χ2v) is 4.90. The second kappa shape index (κ2) is 5.54. The lowest BCUT2D eigenvalue weighted by molar-refractivity contribution is -0.384. The number of aliphatic hydroxyl groups excluding tert-OH is 1. The smallest absolute Gasteiger partial charge is 0.292 e. The number of benzene rings is 1. The van der Waals surface area contributed by atoms with Crippen LogP contribution in [-0.4, -0.2) is 35.3 Å². The van der Waals surface area contributed by atoms with E-state index in [1.54, 1.807) is 12.1 Å². The van der Waals surface area contributed by atoms with E-state index in [0.29, 0.717) is 24.3 Å². The topological polar surface area (TPSA) is 75.8 Å². The average Bonchev–Trinajstić information content (AvgIpc) is 2.36. The van der Waals surface area contributed by atoms with Crippen LogP contribution in [0, 0.1) is 10.1 Å². The van der Waals surface area contributed by atoms with Crippen LogP contribution in [0.5, 0.6) is 0 Å². The van der Waals surface area contributed by atoms with Crippen LogP contribution in [0.1, 0.15) is 19.4 Å². The van der Waals surface area contributed by atoms with Gasteiger partial charge in [0.25, 0.3) is 5.69 Å². The van der Waals surface area contributed by atoms with Crippen LogP contribution in [0.15, 0.2) is 18.2 Å². The van der Waals surface area contributed by atoms with E-state index in [1.165, 1.54) is 6.07 Å². The number of morpholine rings is 1. The number of nitro groups is 1. The Morgan fingerprint density at radius 2 is 2.05 bits per heavy atom. The largest absolute Gasteiger partial charge is 0.392 e. The number of aliphatic hydroxyl groups is 1. The Balaban J connectivity index is 2.35.